The molecule has 4 nitrogen and oxygen atoms in total. The molecule has 9 rings (SSSR count). The van der Waals surface area contributed by atoms with Crippen molar-refractivity contribution in [2.24, 2.45) is 10.7 Å². The third-order valence-electron chi connectivity index (χ3n) is 12.1. The summed E-state index contributed by atoms with van der Waals surface area (Å²) in [4.78, 5) is 4.97. The molecule has 0 aliphatic rings. The number of hydrogen-bond acceptors (Lipinski definition) is 3. The highest BCUT2D eigenvalue weighted by molar-refractivity contribution is 6.04. The fraction of sp³-hybridized carbons (Fsp3) is 0.0847. The van der Waals surface area contributed by atoms with Crippen LogP contribution in [0.3, 0.4) is 0 Å². The molecule has 9 aromatic rings. The van der Waals surface area contributed by atoms with Gasteiger partial charge in [0.05, 0.1) is 0 Å². The van der Waals surface area contributed by atoms with E-state index in [0.717, 1.165) is 50.9 Å². The van der Waals surface area contributed by atoms with Crippen molar-refractivity contribution in [3.8, 4) is 44.5 Å². The van der Waals surface area contributed by atoms with E-state index >= 15 is 0 Å². The summed E-state index contributed by atoms with van der Waals surface area (Å²) < 4.78 is 0. The number of nitrogens with zero attached hydrogens (tertiary/aromatic N) is 1. The molecule has 306 valence electrons. The van der Waals surface area contributed by atoms with Crippen LogP contribution in [-0.2, 0) is 0 Å². The van der Waals surface area contributed by atoms with Crippen LogP contribution in [0.4, 0.5) is 0 Å². The maximum Gasteiger partial charge on any atom is 0.145 e. The van der Waals surface area contributed by atoms with E-state index in [9.17, 15) is 0 Å². The van der Waals surface area contributed by atoms with Crippen LogP contribution in [0.5, 0.6) is 0 Å². The Balaban J connectivity index is 0.943. The Labute approximate surface area is 371 Å². The third-order valence-corrected chi connectivity index (χ3v) is 12.1. The van der Waals surface area contributed by atoms with Crippen LogP contribution in [-0.4, -0.2) is 12.1 Å². The van der Waals surface area contributed by atoms with Crippen LogP contribution in [0.1, 0.15) is 59.3 Å². The zero-order valence-corrected chi connectivity index (χ0v) is 35.4. The lowest BCUT2D eigenvalue weighted by atomic mass is 9.85. The van der Waals surface area contributed by atoms with Crippen LogP contribution in [0.25, 0.3) is 55.3 Å². The fourth-order valence-corrected chi connectivity index (χ4v) is 8.61. The highest BCUT2D eigenvalue weighted by Crippen LogP contribution is 2.37. The van der Waals surface area contributed by atoms with Gasteiger partial charge in [-0.25, -0.2) is 0 Å². The molecule has 0 saturated heterocycles. The molecule has 0 fully saturated rings. The lowest BCUT2D eigenvalue weighted by Crippen LogP contribution is -2.27. The van der Waals surface area contributed by atoms with E-state index in [1.54, 1.807) is 0 Å². The summed E-state index contributed by atoms with van der Waals surface area (Å²) in [7, 11) is 0. The van der Waals surface area contributed by atoms with Gasteiger partial charge in [0.2, 0.25) is 0 Å². The number of aliphatic imine (C=N–C) groups is 1. The summed E-state index contributed by atoms with van der Waals surface area (Å²) in [5.41, 5.74) is 21.3. The molecule has 0 saturated carbocycles. The zero-order valence-electron chi connectivity index (χ0n) is 35.4. The van der Waals surface area contributed by atoms with Crippen molar-refractivity contribution in [2.45, 2.75) is 31.5 Å². The third kappa shape index (κ3) is 9.18. The predicted octanol–water partition coefficient (Wildman–Crippen LogP) is 14.4. The van der Waals surface area contributed by atoms with Gasteiger partial charge in [0.15, 0.2) is 0 Å². The van der Waals surface area contributed by atoms with Gasteiger partial charge in [0, 0.05) is 23.7 Å². The summed E-state index contributed by atoms with van der Waals surface area (Å²) in [6.45, 7) is 2.21. The average Bonchev–Trinajstić information content (AvgIpc) is 3.36. The molecular weight excluding hydrogens is 765 g/mol. The SMILES string of the molecule is CCC(c1ccccc1)[C@H](N)c1ccc(-c2ccc(-c3cccc4c(-c5ccc(C(/N=C/c6ccccc6)NC(=N)c6ccc(-c7ccccc7)cc6)cc5)cccc34)cc2)cc1. The quantitative estimate of drug-likeness (QED) is 0.0801. The first kappa shape index (κ1) is 40.7. The number of benzene rings is 9. The van der Waals surface area contributed by atoms with Crippen molar-refractivity contribution in [2.75, 3.05) is 0 Å². The van der Waals surface area contributed by atoms with E-state index < -0.39 is 6.17 Å². The van der Waals surface area contributed by atoms with Crippen LogP contribution >= 0.6 is 0 Å². The minimum absolute atomic E-state index is 0.0634. The largest absolute Gasteiger partial charge is 0.345 e. The minimum Gasteiger partial charge on any atom is -0.345 e. The number of fused-ring (bicyclic) bond motifs is 1. The van der Waals surface area contributed by atoms with Gasteiger partial charge in [0.1, 0.15) is 12.0 Å². The smallest absolute Gasteiger partial charge is 0.145 e. The molecule has 9 aromatic carbocycles. The van der Waals surface area contributed by atoms with E-state index in [1.807, 2.05) is 66.9 Å². The van der Waals surface area contributed by atoms with Crippen molar-refractivity contribution in [1.82, 2.24) is 5.32 Å². The van der Waals surface area contributed by atoms with Crippen molar-refractivity contribution in [1.29, 1.82) is 5.41 Å². The van der Waals surface area contributed by atoms with Gasteiger partial charge in [0.25, 0.3) is 0 Å². The first-order valence-electron chi connectivity index (χ1n) is 21.7. The molecule has 63 heavy (non-hydrogen) atoms. The maximum atomic E-state index is 9.06. The zero-order chi connectivity index (χ0) is 43.0. The first-order valence-corrected chi connectivity index (χ1v) is 21.7. The summed E-state index contributed by atoms with van der Waals surface area (Å²) in [6, 6.07) is 78.4. The second kappa shape index (κ2) is 18.9. The highest BCUT2D eigenvalue weighted by atomic mass is 15.1. The summed E-state index contributed by atoms with van der Waals surface area (Å²) in [5.74, 6) is 0.583. The van der Waals surface area contributed by atoms with Gasteiger partial charge in [-0.2, -0.15) is 0 Å². The molecule has 0 spiro atoms. The van der Waals surface area contributed by atoms with Crippen LogP contribution < -0.4 is 11.1 Å². The lowest BCUT2D eigenvalue weighted by Gasteiger charge is -2.24. The molecule has 0 aromatic heterocycles. The van der Waals surface area contributed by atoms with E-state index in [4.69, 9.17) is 16.1 Å². The van der Waals surface area contributed by atoms with E-state index in [-0.39, 0.29) is 12.0 Å². The molecular formula is C59H50N4. The van der Waals surface area contributed by atoms with Gasteiger partial charge >= 0.3 is 0 Å². The van der Waals surface area contributed by atoms with Crippen molar-refractivity contribution in [3.63, 3.8) is 0 Å². The number of nitrogens with two attached hydrogens (primary N) is 1. The van der Waals surface area contributed by atoms with Gasteiger partial charge in [-0.1, -0.05) is 231 Å². The second-order valence-corrected chi connectivity index (χ2v) is 16.0. The molecule has 0 aliphatic heterocycles. The average molecular weight is 815 g/mol. The lowest BCUT2D eigenvalue weighted by molar-refractivity contribution is 0.539. The monoisotopic (exact) mass is 814 g/mol. The van der Waals surface area contributed by atoms with Crippen molar-refractivity contribution >= 4 is 22.8 Å². The van der Waals surface area contributed by atoms with Crippen LogP contribution in [0.2, 0.25) is 0 Å². The van der Waals surface area contributed by atoms with Crippen molar-refractivity contribution < 1.29 is 0 Å². The van der Waals surface area contributed by atoms with E-state index in [0.29, 0.717) is 5.84 Å². The van der Waals surface area contributed by atoms with E-state index in [1.165, 1.54) is 38.6 Å². The molecule has 0 amide bonds. The van der Waals surface area contributed by atoms with Gasteiger partial charge < -0.3 is 11.1 Å². The molecule has 2 unspecified atom stereocenters. The Hall–Kier alpha value is -7.66. The maximum absolute atomic E-state index is 9.06. The second-order valence-electron chi connectivity index (χ2n) is 16.0. The topological polar surface area (TPSA) is 74.3 Å². The number of hydrogen-bond donors (Lipinski definition) is 3. The molecule has 0 radical (unpaired) electrons. The fourth-order valence-electron chi connectivity index (χ4n) is 8.61. The van der Waals surface area contributed by atoms with Gasteiger partial charge in [-0.3, -0.25) is 10.4 Å². The molecule has 3 atom stereocenters. The number of nitrogens with one attached hydrogen (secondary N) is 2. The Morgan fingerprint density at radius 3 is 1.48 bits per heavy atom. The summed E-state index contributed by atoms with van der Waals surface area (Å²) >= 11 is 0. The Kier molecular flexibility index (Phi) is 12.2. The highest BCUT2D eigenvalue weighted by Gasteiger charge is 2.20. The molecule has 0 aliphatic carbocycles. The molecule has 0 bridgehead atoms. The van der Waals surface area contributed by atoms with Crippen LogP contribution in [0, 0.1) is 5.41 Å². The molecule has 4 heteroatoms. The molecule has 0 heterocycles. The molecule has 4 N–H and O–H groups in total. The number of amidine groups is 1. The minimum atomic E-state index is -0.466. The predicted molar refractivity (Wildman–Crippen MR) is 265 cm³/mol. The Morgan fingerprint density at radius 1 is 0.476 bits per heavy atom. The van der Waals surface area contributed by atoms with Gasteiger partial charge in [-0.05, 0) is 84.0 Å². The van der Waals surface area contributed by atoms with Crippen LogP contribution in [0.15, 0.2) is 229 Å². The summed E-state index contributed by atoms with van der Waals surface area (Å²) in [6.07, 6.45) is 2.39. The summed E-state index contributed by atoms with van der Waals surface area (Å²) in [5, 5.41) is 14.9. The van der Waals surface area contributed by atoms with E-state index in [2.05, 4.69) is 176 Å². The normalized spacial score (nSPS) is 12.8. The van der Waals surface area contributed by atoms with Gasteiger partial charge in [-0.15, -0.1) is 0 Å². The Bertz CT molecular complexity index is 2940. The number of rotatable bonds is 13. The Morgan fingerprint density at radius 2 is 0.921 bits per heavy atom. The first-order chi connectivity index (χ1) is 31.0. The standard InChI is InChI=1S/C59H50N4/c1-2-52(46-18-10-5-11-19-46)57(60)49-34-26-45(27-35-49)44-24-30-47(31-25-44)53-20-12-23-56-54(21-13-22-55(53)56)48-32-38-51(39-33-48)59(62-40-41-14-6-3-7-15-41)63-58(61)50-36-28-43(29-37-50)42-16-8-4-9-17-42/h3-40,52,57,59H,2,60H2,1H3,(H2,61,63)/b62-40+/t52?,57-,59?/m1/s1. The van der Waals surface area contributed by atoms with Crippen molar-refractivity contribution in [3.05, 3.63) is 252 Å².